The molecule has 0 aliphatic carbocycles. The number of aromatic nitrogens is 2. The van der Waals surface area contributed by atoms with Gasteiger partial charge in [-0.15, -0.1) is 11.3 Å². The molecule has 2 aromatic heterocycles. The third kappa shape index (κ3) is 4.41. The van der Waals surface area contributed by atoms with E-state index in [0.717, 1.165) is 4.88 Å². The Balaban J connectivity index is 1.78. The predicted octanol–water partition coefficient (Wildman–Crippen LogP) is 5.04. The highest BCUT2D eigenvalue weighted by Crippen LogP contribution is 2.49. The number of aryl methyl sites for hydroxylation is 1. The van der Waals surface area contributed by atoms with Gasteiger partial charge in [0, 0.05) is 41.3 Å². The molecule has 0 spiro atoms. The number of amides is 1. The van der Waals surface area contributed by atoms with E-state index in [-0.39, 0.29) is 16.6 Å². The summed E-state index contributed by atoms with van der Waals surface area (Å²) in [6, 6.07) is 9.98. The minimum Gasteiger partial charge on any atom is -0.381 e. The summed E-state index contributed by atoms with van der Waals surface area (Å²) < 4.78 is 20.6. The first-order valence-electron chi connectivity index (χ1n) is 10.3. The SMILES string of the molecule is Cc1cnc(C(ONC(=O)c2ccccc2)(C(C)c2ncc(Cl)cc2F)[C@@H]2CCOC2)s1. The number of hydroxylamine groups is 1. The van der Waals surface area contributed by atoms with Gasteiger partial charge in [-0.1, -0.05) is 36.7 Å². The van der Waals surface area contributed by atoms with Crippen LogP contribution in [0, 0.1) is 18.7 Å². The first kappa shape index (κ1) is 22.8. The van der Waals surface area contributed by atoms with E-state index in [1.54, 1.807) is 30.5 Å². The third-order valence-corrected chi connectivity index (χ3v) is 6.98. The number of pyridine rings is 1. The van der Waals surface area contributed by atoms with Gasteiger partial charge < -0.3 is 4.74 Å². The zero-order valence-corrected chi connectivity index (χ0v) is 19.3. The second kappa shape index (κ2) is 9.62. The summed E-state index contributed by atoms with van der Waals surface area (Å²) in [4.78, 5) is 28.9. The summed E-state index contributed by atoms with van der Waals surface area (Å²) in [5.74, 6) is -1.73. The van der Waals surface area contributed by atoms with Crippen molar-refractivity contribution in [1.82, 2.24) is 15.4 Å². The molecular weight excluding hydrogens is 453 g/mol. The van der Waals surface area contributed by atoms with E-state index in [1.165, 1.54) is 23.6 Å². The number of carbonyl (C=O) groups is 1. The molecule has 0 saturated carbocycles. The Kier molecular flexibility index (Phi) is 6.85. The number of ether oxygens (including phenoxy) is 1. The molecule has 0 radical (unpaired) electrons. The molecule has 168 valence electrons. The molecule has 1 aliphatic rings. The van der Waals surface area contributed by atoms with Crippen LogP contribution in [-0.2, 0) is 15.2 Å². The third-order valence-electron chi connectivity index (χ3n) is 5.73. The van der Waals surface area contributed by atoms with Crippen molar-refractivity contribution in [1.29, 1.82) is 0 Å². The van der Waals surface area contributed by atoms with Crippen molar-refractivity contribution in [2.75, 3.05) is 13.2 Å². The maximum Gasteiger partial charge on any atom is 0.274 e. The molecule has 6 nitrogen and oxygen atoms in total. The fourth-order valence-electron chi connectivity index (χ4n) is 4.06. The fourth-order valence-corrected chi connectivity index (χ4v) is 5.27. The minimum atomic E-state index is -1.19. The van der Waals surface area contributed by atoms with Gasteiger partial charge in [-0.25, -0.2) is 14.9 Å². The van der Waals surface area contributed by atoms with Crippen molar-refractivity contribution in [2.24, 2.45) is 5.92 Å². The highest BCUT2D eigenvalue weighted by atomic mass is 35.5. The zero-order chi connectivity index (χ0) is 22.7. The summed E-state index contributed by atoms with van der Waals surface area (Å²) in [6.45, 7) is 4.68. The smallest absolute Gasteiger partial charge is 0.274 e. The van der Waals surface area contributed by atoms with Crippen molar-refractivity contribution in [2.45, 2.75) is 31.8 Å². The van der Waals surface area contributed by atoms with E-state index in [0.29, 0.717) is 30.2 Å². The zero-order valence-electron chi connectivity index (χ0n) is 17.7. The van der Waals surface area contributed by atoms with Crippen LogP contribution in [-0.4, -0.2) is 29.1 Å². The molecule has 0 bridgehead atoms. The van der Waals surface area contributed by atoms with Gasteiger partial charge in [0.1, 0.15) is 10.8 Å². The van der Waals surface area contributed by atoms with Crippen molar-refractivity contribution < 1.29 is 18.8 Å². The second-order valence-corrected chi connectivity index (χ2v) is 9.44. The van der Waals surface area contributed by atoms with E-state index in [1.807, 2.05) is 19.9 Å². The van der Waals surface area contributed by atoms with E-state index in [2.05, 4.69) is 15.4 Å². The highest BCUT2D eigenvalue weighted by molar-refractivity contribution is 7.11. The van der Waals surface area contributed by atoms with Crippen molar-refractivity contribution in [3.05, 3.63) is 80.8 Å². The monoisotopic (exact) mass is 475 g/mol. The van der Waals surface area contributed by atoms with Gasteiger partial charge in [0.15, 0.2) is 5.60 Å². The largest absolute Gasteiger partial charge is 0.381 e. The number of benzene rings is 1. The number of nitrogens with zero attached hydrogens (tertiary/aromatic N) is 2. The average Bonchev–Trinajstić information content (AvgIpc) is 3.47. The number of hydrogen-bond donors (Lipinski definition) is 1. The van der Waals surface area contributed by atoms with Crippen LogP contribution in [0.3, 0.4) is 0 Å². The molecule has 1 N–H and O–H groups in total. The Morgan fingerprint density at radius 2 is 2.12 bits per heavy atom. The van der Waals surface area contributed by atoms with Crippen LogP contribution < -0.4 is 5.48 Å². The minimum absolute atomic E-state index is 0.183. The molecule has 1 saturated heterocycles. The number of carbonyl (C=O) groups excluding carboxylic acids is 1. The molecular formula is C23H23ClFN3O3S. The van der Waals surface area contributed by atoms with Gasteiger partial charge in [-0.05, 0) is 31.5 Å². The summed E-state index contributed by atoms with van der Waals surface area (Å²) in [7, 11) is 0. The van der Waals surface area contributed by atoms with E-state index in [4.69, 9.17) is 21.2 Å². The standard InChI is InChI=1S/C23H23ClFN3O3S/c1-14-11-27-22(32-14)23(17-8-9-30-13-17,15(2)20-19(25)10-18(24)12-26-20)31-28-21(29)16-6-4-3-5-7-16/h3-7,10-12,15,17H,8-9,13H2,1-2H3,(H,28,29)/t15?,17-,23?/m1/s1. The van der Waals surface area contributed by atoms with Crippen LogP contribution in [0.2, 0.25) is 5.02 Å². The number of thiazole rings is 1. The van der Waals surface area contributed by atoms with E-state index >= 15 is 0 Å². The molecule has 4 rings (SSSR count). The molecule has 3 heterocycles. The molecule has 2 unspecified atom stereocenters. The normalized spacial score (nSPS) is 18.8. The summed E-state index contributed by atoms with van der Waals surface area (Å²) in [5.41, 5.74) is 2.04. The van der Waals surface area contributed by atoms with Crippen LogP contribution >= 0.6 is 22.9 Å². The molecule has 1 fully saturated rings. The lowest BCUT2D eigenvalue weighted by atomic mass is 9.75. The summed E-state index contributed by atoms with van der Waals surface area (Å²) >= 11 is 7.37. The summed E-state index contributed by atoms with van der Waals surface area (Å²) in [5, 5.41) is 0.833. The van der Waals surface area contributed by atoms with Gasteiger partial charge >= 0.3 is 0 Å². The second-order valence-electron chi connectivity index (χ2n) is 7.77. The van der Waals surface area contributed by atoms with E-state index in [9.17, 15) is 9.18 Å². The fraction of sp³-hybridized carbons (Fsp3) is 0.348. The lowest BCUT2D eigenvalue weighted by Crippen LogP contribution is -2.48. The molecule has 1 aliphatic heterocycles. The topological polar surface area (TPSA) is 73.3 Å². The van der Waals surface area contributed by atoms with Gasteiger partial charge in [-0.2, -0.15) is 0 Å². The average molecular weight is 476 g/mol. The molecule has 1 aromatic carbocycles. The van der Waals surface area contributed by atoms with Crippen LogP contribution in [0.1, 0.15) is 45.2 Å². The lowest BCUT2D eigenvalue weighted by Gasteiger charge is -2.40. The van der Waals surface area contributed by atoms with Crippen molar-refractivity contribution in [3.63, 3.8) is 0 Å². The van der Waals surface area contributed by atoms with Gasteiger partial charge in [0.2, 0.25) is 0 Å². The molecule has 3 aromatic rings. The number of nitrogens with one attached hydrogen (secondary N) is 1. The molecule has 3 atom stereocenters. The van der Waals surface area contributed by atoms with Crippen LogP contribution in [0.25, 0.3) is 0 Å². The Morgan fingerprint density at radius 1 is 1.34 bits per heavy atom. The van der Waals surface area contributed by atoms with Gasteiger partial charge in [0.05, 0.1) is 17.3 Å². The predicted molar refractivity (Wildman–Crippen MR) is 120 cm³/mol. The summed E-state index contributed by atoms with van der Waals surface area (Å²) in [6.07, 6.45) is 3.81. The number of rotatable bonds is 7. The Hall–Kier alpha value is -2.39. The Morgan fingerprint density at radius 3 is 2.75 bits per heavy atom. The maximum atomic E-state index is 15.0. The molecule has 32 heavy (non-hydrogen) atoms. The Labute approximate surface area is 194 Å². The quantitative estimate of drug-likeness (QED) is 0.485. The van der Waals surface area contributed by atoms with Gasteiger partial charge in [-0.3, -0.25) is 14.6 Å². The maximum absolute atomic E-state index is 15.0. The number of halogens is 2. The van der Waals surface area contributed by atoms with E-state index < -0.39 is 23.2 Å². The van der Waals surface area contributed by atoms with Crippen molar-refractivity contribution >= 4 is 28.8 Å². The molecule has 1 amide bonds. The molecule has 9 heteroatoms. The van der Waals surface area contributed by atoms with Crippen LogP contribution in [0.5, 0.6) is 0 Å². The first-order valence-corrected chi connectivity index (χ1v) is 11.5. The van der Waals surface area contributed by atoms with Crippen LogP contribution in [0.15, 0.2) is 48.8 Å². The Bertz CT molecular complexity index is 1090. The lowest BCUT2D eigenvalue weighted by molar-refractivity contribution is -0.148. The van der Waals surface area contributed by atoms with Gasteiger partial charge in [0.25, 0.3) is 5.91 Å². The number of hydrogen-bond acceptors (Lipinski definition) is 6. The van der Waals surface area contributed by atoms with Crippen molar-refractivity contribution in [3.8, 4) is 0 Å². The highest BCUT2D eigenvalue weighted by Gasteiger charge is 2.53. The first-order chi connectivity index (χ1) is 15.4. The van der Waals surface area contributed by atoms with Crippen LogP contribution in [0.4, 0.5) is 4.39 Å².